The molecule has 2 amide bonds. The molecule has 162 valence electrons. The Morgan fingerprint density at radius 3 is 2.27 bits per heavy atom. The van der Waals surface area contributed by atoms with Gasteiger partial charge in [-0.25, -0.2) is 4.39 Å². The minimum atomic E-state index is -1.05. The van der Waals surface area contributed by atoms with Crippen molar-refractivity contribution in [2.45, 2.75) is 52.2 Å². The SMILES string of the molecule is CC(OC(=O)C1CCN(C(=O)c2ccc(F)cc2)CC1)C(=O)NC(C)(C#N)C(C)C. The van der Waals surface area contributed by atoms with Crippen LogP contribution in [-0.4, -0.2) is 47.4 Å². The van der Waals surface area contributed by atoms with Crippen LogP contribution in [0.3, 0.4) is 0 Å². The van der Waals surface area contributed by atoms with Crippen LogP contribution in [0.25, 0.3) is 0 Å². The molecule has 8 heteroatoms. The number of nitrogens with zero attached hydrogens (tertiary/aromatic N) is 2. The summed E-state index contributed by atoms with van der Waals surface area (Å²) in [7, 11) is 0. The number of rotatable bonds is 6. The summed E-state index contributed by atoms with van der Waals surface area (Å²) >= 11 is 0. The van der Waals surface area contributed by atoms with Crippen molar-refractivity contribution in [3.8, 4) is 6.07 Å². The molecule has 1 N–H and O–H groups in total. The van der Waals surface area contributed by atoms with Crippen LogP contribution in [0.5, 0.6) is 0 Å². The zero-order chi connectivity index (χ0) is 22.5. The van der Waals surface area contributed by atoms with Gasteiger partial charge in [-0.1, -0.05) is 13.8 Å². The van der Waals surface area contributed by atoms with Gasteiger partial charge >= 0.3 is 5.97 Å². The third kappa shape index (κ3) is 5.56. The van der Waals surface area contributed by atoms with Gasteiger partial charge in [0.1, 0.15) is 11.4 Å². The van der Waals surface area contributed by atoms with Crippen LogP contribution in [-0.2, 0) is 14.3 Å². The van der Waals surface area contributed by atoms with E-state index in [-0.39, 0.29) is 11.8 Å². The molecular formula is C22H28FN3O4. The Bertz CT molecular complexity index is 826. The molecule has 1 aliphatic rings. The molecule has 2 atom stereocenters. The first-order chi connectivity index (χ1) is 14.1. The number of esters is 1. The number of amides is 2. The van der Waals surface area contributed by atoms with E-state index in [1.54, 1.807) is 11.8 Å². The van der Waals surface area contributed by atoms with Crippen molar-refractivity contribution >= 4 is 17.8 Å². The zero-order valence-corrected chi connectivity index (χ0v) is 17.8. The van der Waals surface area contributed by atoms with Crippen molar-refractivity contribution in [1.29, 1.82) is 5.26 Å². The van der Waals surface area contributed by atoms with E-state index in [0.29, 0.717) is 31.5 Å². The highest BCUT2D eigenvalue weighted by Gasteiger charge is 2.34. The molecule has 30 heavy (non-hydrogen) atoms. The molecule has 1 heterocycles. The minimum absolute atomic E-state index is 0.114. The number of carbonyl (C=O) groups is 3. The molecule has 1 saturated heterocycles. The standard InChI is InChI=1S/C22H28FN3O4/c1-14(2)22(4,13-24)25-19(27)15(3)30-21(29)17-9-11-26(12-10-17)20(28)16-5-7-18(23)8-6-16/h5-8,14-15,17H,9-12H2,1-4H3,(H,25,27). The van der Waals surface area contributed by atoms with E-state index >= 15 is 0 Å². The van der Waals surface area contributed by atoms with Crippen LogP contribution in [0.2, 0.25) is 0 Å². The van der Waals surface area contributed by atoms with Crippen molar-refractivity contribution in [2.24, 2.45) is 11.8 Å². The van der Waals surface area contributed by atoms with Gasteiger partial charge in [-0.3, -0.25) is 14.4 Å². The number of hydrogen-bond donors (Lipinski definition) is 1. The largest absolute Gasteiger partial charge is 0.452 e. The lowest BCUT2D eigenvalue weighted by molar-refractivity contribution is -0.160. The van der Waals surface area contributed by atoms with Crippen molar-refractivity contribution in [2.75, 3.05) is 13.1 Å². The summed E-state index contributed by atoms with van der Waals surface area (Å²) in [5, 5.41) is 12.0. The molecule has 1 aromatic rings. The lowest BCUT2D eigenvalue weighted by atomic mass is 9.90. The van der Waals surface area contributed by atoms with Crippen molar-refractivity contribution < 1.29 is 23.5 Å². The quantitative estimate of drug-likeness (QED) is 0.718. The number of nitrogens with one attached hydrogen (secondary N) is 1. The molecular weight excluding hydrogens is 389 g/mol. The average Bonchev–Trinajstić information content (AvgIpc) is 2.73. The highest BCUT2D eigenvalue weighted by atomic mass is 19.1. The fraction of sp³-hybridized carbons (Fsp3) is 0.545. The highest BCUT2D eigenvalue weighted by molar-refractivity contribution is 5.94. The Morgan fingerprint density at radius 1 is 1.20 bits per heavy atom. The summed E-state index contributed by atoms with van der Waals surface area (Å²) in [6, 6.07) is 7.42. The molecule has 0 aromatic heterocycles. The summed E-state index contributed by atoms with van der Waals surface area (Å²) in [6.07, 6.45) is -0.188. The molecule has 2 rings (SSSR count). The Morgan fingerprint density at radius 2 is 1.77 bits per heavy atom. The van der Waals surface area contributed by atoms with Crippen LogP contribution in [0.1, 0.15) is 50.9 Å². The van der Waals surface area contributed by atoms with E-state index in [0.717, 1.165) is 0 Å². The maximum absolute atomic E-state index is 13.0. The van der Waals surface area contributed by atoms with Gasteiger partial charge in [0.2, 0.25) is 0 Å². The van der Waals surface area contributed by atoms with Gasteiger partial charge in [0.15, 0.2) is 6.10 Å². The predicted octanol–water partition coefficient (Wildman–Crippen LogP) is 2.66. The van der Waals surface area contributed by atoms with E-state index in [1.807, 2.05) is 13.8 Å². The number of piperidine rings is 1. The fourth-order valence-corrected chi connectivity index (χ4v) is 3.08. The summed E-state index contributed by atoms with van der Waals surface area (Å²) < 4.78 is 18.3. The number of hydrogen-bond acceptors (Lipinski definition) is 5. The first kappa shape index (κ1) is 23.3. The summed E-state index contributed by atoms with van der Waals surface area (Å²) in [5.74, 6) is -2.16. The normalized spacial score (nSPS) is 17.6. The van der Waals surface area contributed by atoms with Crippen LogP contribution in [0.4, 0.5) is 4.39 Å². The van der Waals surface area contributed by atoms with Crippen molar-refractivity contribution in [3.05, 3.63) is 35.6 Å². The number of likely N-dealkylation sites (tertiary alicyclic amines) is 1. The molecule has 1 aliphatic heterocycles. The molecule has 1 aromatic carbocycles. The molecule has 0 radical (unpaired) electrons. The van der Waals surface area contributed by atoms with Gasteiger partial charge in [0.25, 0.3) is 11.8 Å². The van der Waals surface area contributed by atoms with Crippen molar-refractivity contribution in [1.82, 2.24) is 10.2 Å². The van der Waals surface area contributed by atoms with Crippen LogP contribution in [0, 0.1) is 29.0 Å². The lowest BCUT2D eigenvalue weighted by Crippen LogP contribution is -2.52. The second-order valence-electron chi connectivity index (χ2n) is 8.11. The highest BCUT2D eigenvalue weighted by Crippen LogP contribution is 2.22. The first-order valence-corrected chi connectivity index (χ1v) is 10.1. The molecule has 0 bridgehead atoms. The number of benzene rings is 1. The minimum Gasteiger partial charge on any atom is -0.452 e. The zero-order valence-electron chi connectivity index (χ0n) is 17.8. The topological polar surface area (TPSA) is 99.5 Å². The number of nitriles is 1. The van der Waals surface area contributed by atoms with Gasteiger partial charge in [-0.2, -0.15) is 5.26 Å². The summed E-state index contributed by atoms with van der Waals surface area (Å²) in [4.78, 5) is 38.9. The predicted molar refractivity (Wildman–Crippen MR) is 108 cm³/mol. The Labute approximate surface area is 176 Å². The lowest BCUT2D eigenvalue weighted by Gasteiger charge is -2.32. The van der Waals surface area contributed by atoms with E-state index in [9.17, 15) is 24.0 Å². The maximum atomic E-state index is 13.0. The van der Waals surface area contributed by atoms with Crippen LogP contribution in [0.15, 0.2) is 24.3 Å². The van der Waals surface area contributed by atoms with Gasteiger partial charge in [0, 0.05) is 18.7 Å². The van der Waals surface area contributed by atoms with Gasteiger partial charge in [-0.15, -0.1) is 0 Å². The van der Waals surface area contributed by atoms with Crippen LogP contribution >= 0.6 is 0 Å². The summed E-state index contributed by atoms with van der Waals surface area (Å²) in [5.41, 5.74) is -0.655. The van der Waals surface area contributed by atoms with E-state index in [1.165, 1.54) is 31.2 Å². The van der Waals surface area contributed by atoms with Gasteiger partial charge < -0.3 is 15.0 Å². The van der Waals surface area contributed by atoms with E-state index in [4.69, 9.17) is 4.74 Å². The smallest absolute Gasteiger partial charge is 0.309 e. The van der Waals surface area contributed by atoms with Crippen molar-refractivity contribution in [3.63, 3.8) is 0 Å². The van der Waals surface area contributed by atoms with Gasteiger partial charge in [-0.05, 0) is 56.9 Å². The summed E-state index contributed by atoms with van der Waals surface area (Å²) in [6.45, 7) is 7.48. The Balaban J connectivity index is 1.86. The molecule has 2 unspecified atom stereocenters. The molecule has 7 nitrogen and oxygen atoms in total. The Hall–Kier alpha value is -2.95. The second kappa shape index (κ2) is 9.70. The fourth-order valence-electron chi connectivity index (χ4n) is 3.08. The third-order valence-corrected chi connectivity index (χ3v) is 5.64. The van der Waals surface area contributed by atoms with Gasteiger partial charge in [0.05, 0.1) is 12.0 Å². The first-order valence-electron chi connectivity index (χ1n) is 10.1. The van der Waals surface area contributed by atoms with E-state index < -0.39 is 35.3 Å². The average molecular weight is 417 g/mol. The second-order valence-corrected chi connectivity index (χ2v) is 8.11. The molecule has 1 fully saturated rings. The molecule has 0 aliphatic carbocycles. The number of carbonyl (C=O) groups excluding carboxylic acids is 3. The maximum Gasteiger partial charge on any atom is 0.309 e. The van der Waals surface area contributed by atoms with Crippen LogP contribution < -0.4 is 5.32 Å². The molecule has 0 spiro atoms. The third-order valence-electron chi connectivity index (χ3n) is 5.64. The number of halogens is 1. The monoisotopic (exact) mass is 417 g/mol. The Kier molecular flexibility index (Phi) is 7.54. The van der Waals surface area contributed by atoms with E-state index in [2.05, 4.69) is 11.4 Å². The number of ether oxygens (including phenoxy) is 1. The molecule has 0 saturated carbocycles.